The first-order valence-electron chi connectivity index (χ1n) is 6.37. The summed E-state index contributed by atoms with van der Waals surface area (Å²) >= 11 is 3.50. The summed E-state index contributed by atoms with van der Waals surface area (Å²) in [4.78, 5) is 0. The van der Waals surface area contributed by atoms with Gasteiger partial charge in [0.15, 0.2) is 5.82 Å². The zero-order valence-corrected chi connectivity index (χ0v) is 13.3. The van der Waals surface area contributed by atoms with Gasteiger partial charge in [-0.15, -0.1) is 5.10 Å². The van der Waals surface area contributed by atoms with Crippen molar-refractivity contribution in [3.8, 4) is 11.4 Å². The maximum atomic E-state index is 5.92. The molecule has 2 aromatic rings. The standard InChI is InChI=1S/C13H18BrN5O/c1-8(2)11(7-20-3)19-13(16-17-18-19)9-5-4-6-10(15)12(9)14/h4-6,8,11H,7,15H2,1-3H3. The van der Waals surface area contributed by atoms with Gasteiger partial charge in [-0.3, -0.25) is 0 Å². The molecular formula is C13H18BrN5O. The topological polar surface area (TPSA) is 78.8 Å². The predicted octanol–water partition coefficient (Wildman–Crippen LogP) is 2.53. The van der Waals surface area contributed by atoms with Crippen LogP contribution in [0.1, 0.15) is 19.9 Å². The summed E-state index contributed by atoms with van der Waals surface area (Å²) in [6, 6.07) is 5.72. The minimum absolute atomic E-state index is 0.0679. The lowest BCUT2D eigenvalue weighted by molar-refractivity contribution is 0.126. The molecule has 6 nitrogen and oxygen atoms in total. The van der Waals surface area contributed by atoms with Crippen LogP contribution in [0.4, 0.5) is 5.69 Å². The second-order valence-corrected chi connectivity index (χ2v) is 5.72. The van der Waals surface area contributed by atoms with Crippen molar-refractivity contribution in [2.24, 2.45) is 5.92 Å². The third kappa shape index (κ3) is 2.83. The van der Waals surface area contributed by atoms with Crippen LogP contribution >= 0.6 is 15.9 Å². The summed E-state index contributed by atoms with van der Waals surface area (Å²) < 4.78 is 7.88. The van der Waals surface area contributed by atoms with Crippen LogP contribution in [0.5, 0.6) is 0 Å². The Balaban J connectivity index is 2.49. The van der Waals surface area contributed by atoms with Gasteiger partial charge in [0.25, 0.3) is 0 Å². The highest BCUT2D eigenvalue weighted by Gasteiger charge is 2.23. The number of nitrogen functional groups attached to an aromatic ring is 1. The number of aromatic nitrogens is 4. The summed E-state index contributed by atoms with van der Waals surface area (Å²) in [5.74, 6) is 1.02. The Bertz CT molecular complexity index is 584. The first-order chi connectivity index (χ1) is 9.56. The Labute approximate surface area is 126 Å². The number of benzene rings is 1. The van der Waals surface area contributed by atoms with E-state index in [0.717, 1.165) is 10.0 Å². The highest BCUT2D eigenvalue weighted by atomic mass is 79.9. The maximum Gasteiger partial charge on any atom is 0.183 e. The molecule has 1 atom stereocenters. The van der Waals surface area contributed by atoms with Crippen LogP contribution in [-0.4, -0.2) is 33.9 Å². The summed E-state index contributed by atoms with van der Waals surface area (Å²) in [5, 5.41) is 12.1. The molecule has 0 saturated heterocycles. The van der Waals surface area contributed by atoms with Crippen molar-refractivity contribution in [3.05, 3.63) is 22.7 Å². The molecule has 108 valence electrons. The van der Waals surface area contributed by atoms with Crippen molar-refractivity contribution in [1.29, 1.82) is 0 Å². The van der Waals surface area contributed by atoms with Crippen LogP contribution in [-0.2, 0) is 4.74 Å². The van der Waals surface area contributed by atoms with Crippen molar-refractivity contribution in [3.63, 3.8) is 0 Å². The van der Waals surface area contributed by atoms with Crippen LogP contribution in [0.3, 0.4) is 0 Å². The van der Waals surface area contributed by atoms with Gasteiger partial charge in [0.2, 0.25) is 0 Å². The van der Waals surface area contributed by atoms with E-state index in [9.17, 15) is 0 Å². The normalized spacial score (nSPS) is 12.8. The molecule has 1 aromatic carbocycles. The van der Waals surface area contributed by atoms with Crippen molar-refractivity contribution in [2.45, 2.75) is 19.9 Å². The number of hydrogen-bond acceptors (Lipinski definition) is 5. The molecule has 0 saturated carbocycles. The largest absolute Gasteiger partial charge is 0.398 e. The van der Waals surface area contributed by atoms with Crippen LogP contribution in [0, 0.1) is 5.92 Å². The average Bonchev–Trinajstić information content (AvgIpc) is 2.87. The number of hydrogen-bond donors (Lipinski definition) is 1. The fourth-order valence-electron chi connectivity index (χ4n) is 2.03. The van der Waals surface area contributed by atoms with Gasteiger partial charge in [-0.1, -0.05) is 19.9 Å². The lowest BCUT2D eigenvalue weighted by Gasteiger charge is -2.21. The summed E-state index contributed by atoms with van der Waals surface area (Å²) in [6.07, 6.45) is 0. The fraction of sp³-hybridized carbons (Fsp3) is 0.462. The van der Waals surface area contributed by atoms with Gasteiger partial charge in [-0.25, -0.2) is 4.68 Å². The molecule has 1 unspecified atom stereocenters. The lowest BCUT2D eigenvalue weighted by Crippen LogP contribution is -2.22. The molecule has 0 aliphatic carbocycles. The first-order valence-corrected chi connectivity index (χ1v) is 7.16. The maximum absolute atomic E-state index is 5.92. The van der Waals surface area contributed by atoms with E-state index < -0.39 is 0 Å². The Hall–Kier alpha value is -1.47. The molecular weight excluding hydrogens is 322 g/mol. The number of halogens is 1. The van der Waals surface area contributed by atoms with Gasteiger partial charge >= 0.3 is 0 Å². The SMILES string of the molecule is COCC(C(C)C)n1nnnc1-c1cccc(N)c1Br. The number of anilines is 1. The van der Waals surface area contributed by atoms with E-state index in [0.29, 0.717) is 24.0 Å². The van der Waals surface area contributed by atoms with Crippen molar-refractivity contribution in [1.82, 2.24) is 20.2 Å². The number of methoxy groups -OCH3 is 1. The van der Waals surface area contributed by atoms with E-state index in [1.54, 1.807) is 11.8 Å². The molecule has 1 aromatic heterocycles. The van der Waals surface area contributed by atoms with E-state index >= 15 is 0 Å². The predicted molar refractivity (Wildman–Crippen MR) is 81.1 cm³/mol. The number of nitrogens with zero attached hydrogens (tertiary/aromatic N) is 4. The van der Waals surface area contributed by atoms with Gasteiger partial charge in [0.1, 0.15) is 0 Å². The monoisotopic (exact) mass is 339 g/mol. The Morgan fingerprint density at radius 2 is 2.15 bits per heavy atom. The van der Waals surface area contributed by atoms with Gasteiger partial charge < -0.3 is 10.5 Å². The molecule has 2 rings (SSSR count). The highest BCUT2D eigenvalue weighted by Crippen LogP contribution is 2.32. The number of tetrazole rings is 1. The number of ether oxygens (including phenoxy) is 1. The minimum atomic E-state index is 0.0679. The quantitative estimate of drug-likeness (QED) is 0.846. The molecule has 0 aliphatic heterocycles. The van der Waals surface area contributed by atoms with E-state index in [-0.39, 0.29) is 6.04 Å². The third-order valence-electron chi connectivity index (χ3n) is 3.18. The minimum Gasteiger partial charge on any atom is -0.398 e. The zero-order chi connectivity index (χ0) is 14.7. The van der Waals surface area contributed by atoms with Crippen molar-refractivity contribution < 1.29 is 4.74 Å². The summed E-state index contributed by atoms with van der Waals surface area (Å²) in [5.41, 5.74) is 7.45. The van der Waals surface area contributed by atoms with E-state index in [2.05, 4.69) is 45.3 Å². The summed E-state index contributed by atoms with van der Waals surface area (Å²) in [7, 11) is 1.68. The van der Waals surface area contributed by atoms with Crippen LogP contribution in [0.2, 0.25) is 0 Å². The second-order valence-electron chi connectivity index (χ2n) is 4.92. The van der Waals surface area contributed by atoms with Gasteiger partial charge in [0.05, 0.1) is 17.1 Å². The molecule has 0 amide bonds. The van der Waals surface area contributed by atoms with Crippen LogP contribution in [0.15, 0.2) is 22.7 Å². The molecule has 0 bridgehead atoms. The second kappa shape index (κ2) is 6.32. The zero-order valence-electron chi connectivity index (χ0n) is 11.7. The highest BCUT2D eigenvalue weighted by molar-refractivity contribution is 9.10. The molecule has 0 radical (unpaired) electrons. The smallest absolute Gasteiger partial charge is 0.183 e. The molecule has 20 heavy (non-hydrogen) atoms. The molecule has 0 spiro atoms. The molecule has 0 fully saturated rings. The molecule has 2 N–H and O–H groups in total. The fourth-order valence-corrected chi connectivity index (χ4v) is 2.47. The van der Waals surface area contributed by atoms with Gasteiger partial charge in [-0.2, -0.15) is 0 Å². The third-order valence-corrected chi connectivity index (χ3v) is 4.07. The van der Waals surface area contributed by atoms with E-state index in [4.69, 9.17) is 10.5 Å². The first kappa shape index (κ1) is 14.9. The van der Waals surface area contributed by atoms with Crippen molar-refractivity contribution >= 4 is 21.6 Å². The van der Waals surface area contributed by atoms with Crippen LogP contribution < -0.4 is 5.73 Å². The van der Waals surface area contributed by atoms with Crippen molar-refractivity contribution in [2.75, 3.05) is 19.5 Å². The molecule has 7 heteroatoms. The Morgan fingerprint density at radius 3 is 2.80 bits per heavy atom. The van der Waals surface area contributed by atoms with E-state index in [1.807, 2.05) is 18.2 Å². The number of rotatable bonds is 5. The van der Waals surface area contributed by atoms with Crippen LogP contribution in [0.25, 0.3) is 11.4 Å². The van der Waals surface area contributed by atoms with Gasteiger partial charge in [-0.05, 0) is 44.4 Å². The molecule has 0 aliphatic rings. The Kier molecular flexibility index (Phi) is 4.72. The van der Waals surface area contributed by atoms with Gasteiger partial charge in [0, 0.05) is 18.4 Å². The number of nitrogens with two attached hydrogens (primary N) is 1. The lowest BCUT2D eigenvalue weighted by atomic mass is 10.0. The molecule has 1 heterocycles. The van der Waals surface area contributed by atoms with E-state index in [1.165, 1.54) is 0 Å². The average molecular weight is 340 g/mol. The summed E-state index contributed by atoms with van der Waals surface area (Å²) in [6.45, 7) is 4.78. The Morgan fingerprint density at radius 1 is 1.40 bits per heavy atom.